The molecule has 0 aliphatic rings. The topological polar surface area (TPSA) is 107 Å². The molecule has 2 aromatic rings. The molecule has 23 heavy (non-hydrogen) atoms. The Kier molecular flexibility index (Phi) is 4.98. The van der Waals surface area contributed by atoms with E-state index in [9.17, 15) is 14.4 Å². The van der Waals surface area contributed by atoms with Gasteiger partial charge >= 0.3 is 12.1 Å². The molecule has 1 heterocycles. The molecule has 4 amide bonds. The summed E-state index contributed by atoms with van der Waals surface area (Å²) in [5.74, 6) is -0.742. The van der Waals surface area contributed by atoms with Crippen LogP contribution in [0.2, 0.25) is 0 Å². The predicted molar refractivity (Wildman–Crippen MR) is 83.2 cm³/mol. The molecule has 8 nitrogen and oxygen atoms in total. The fourth-order valence-electron chi connectivity index (χ4n) is 1.87. The Morgan fingerprint density at radius 2 is 1.74 bits per heavy atom. The largest absolute Gasteiger partial charge is 0.436 e. The first-order valence-electron chi connectivity index (χ1n) is 6.78. The van der Waals surface area contributed by atoms with Crippen LogP contribution in [0.3, 0.4) is 0 Å². The van der Waals surface area contributed by atoms with Crippen molar-refractivity contribution in [3.05, 3.63) is 54.9 Å². The van der Waals surface area contributed by atoms with Crippen molar-refractivity contribution in [1.82, 2.24) is 4.68 Å². The lowest BCUT2D eigenvalue weighted by atomic mass is 10.3. The number of nitrogens with two attached hydrogens (primary N) is 1. The molecule has 1 unspecified atom stereocenters. The minimum Gasteiger partial charge on any atom is -0.436 e. The van der Waals surface area contributed by atoms with Crippen molar-refractivity contribution in [2.45, 2.75) is 13.0 Å². The molecule has 0 aliphatic carbocycles. The quantitative estimate of drug-likeness (QED) is 0.894. The first kappa shape index (κ1) is 16.1. The summed E-state index contributed by atoms with van der Waals surface area (Å²) in [4.78, 5) is 35.7. The molecule has 2 rings (SSSR count). The van der Waals surface area contributed by atoms with Crippen LogP contribution in [0.1, 0.15) is 6.92 Å². The molecule has 0 saturated heterocycles. The Morgan fingerprint density at radius 3 is 2.30 bits per heavy atom. The number of nitrogens with one attached hydrogen (secondary N) is 1. The van der Waals surface area contributed by atoms with Crippen LogP contribution in [0, 0.1) is 0 Å². The van der Waals surface area contributed by atoms with Gasteiger partial charge < -0.3 is 15.8 Å². The highest BCUT2D eigenvalue weighted by molar-refractivity contribution is 6.14. The number of ether oxygens (including phenoxy) is 1. The standard InChI is InChI=1S/C15H16N4O4/c1-11(23-14(16)21)13(20)19(18-9-5-6-10-18)15(22)17-12-7-3-2-4-8-12/h2-11H,1H3,(H2,16,21)(H,17,22). The average molecular weight is 316 g/mol. The molecule has 0 saturated carbocycles. The fraction of sp³-hybridized carbons (Fsp3) is 0.133. The summed E-state index contributed by atoms with van der Waals surface area (Å²) in [6, 6.07) is 11.3. The second-order valence-electron chi connectivity index (χ2n) is 4.59. The minimum atomic E-state index is -1.21. The lowest BCUT2D eigenvalue weighted by Gasteiger charge is -2.24. The zero-order valence-electron chi connectivity index (χ0n) is 12.4. The van der Waals surface area contributed by atoms with Crippen LogP contribution in [-0.4, -0.2) is 28.8 Å². The van der Waals surface area contributed by atoms with E-state index in [-0.39, 0.29) is 0 Å². The molecule has 0 bridgehead atoms. The van der Waals surface area contributed by atoms with E-state index >= 15 is 0 Å². The first-order chi connectivity index (χ1) is 11.0. The van der Waals surface area contributed by atoms with Crippen molar-refractivity contribution in [1.29, 1.82) is 0 Å². The summed E-state index contributed by atoms with van der Waals surface area (Å²) < 4.78 is 5.92. The normalized spacial score (nSPS) is 11.3. The Labute approximate surface area is 132 Å². The Morgan fingerprint density at radius 1 is 1.13 bits per heavy atom. The van der Waals surface area contributed by atoms with E-state index in [0.717, 1.165) is 5.01 Å². The van der Waals surface area contributed by atoms with Gasteiger partial charge in [0.15, 0.2) is 6.10 Å². The molecule has 0 fully saturated rings. The third-order valence-corrected chi connectivity index (χ3v) is 2.89. The zero-order valence-corrected chi connectivity index (χ0v) is 12.4. The van der Waals surface area contributed by atoms with E-state index < -0.39 is 24.1 Å². The summed E-state index contributed by atoms with van der Waals surface area (Å²) in [5.41, 5.74) is 5.43. The molecule has 120 valence electrons. The monoisotopic (exact) mass is 316 g/mol. The number of imide groups is 1. The van der Waals surface area contributed by atoms with Crippen molar-refractivity contribution in [2.75, 3.05) is 10.3 Å². The van der Waals surface area contributed by atoms with Gasteiger partial charge in [-0.25, -0.2) is 9.59 Å². The number of urea groups is 1. The number of nitrogens with zero attached hydrogens (tertiary/aromatic N) is 2. The van der Waals surface area contributed by atoms with Crippen molar-refractivity contribution < 1.29 is 19.1 Å². The summed E-state index contributed by atoms with van der Waals surface area (Å²) in [6.07, 6.45) is 0.719. The van der Waals surface area contributed by atoms with Crippen molar-refractivity contribution >= 4 is 23.7 Å². The van der Waals surface area contributed by atoms with Crippen LogP contribution in [0.25, 0.3) is 0 Å². The second kappa shape index (κ2) is 7.12. The van der Waals surface area contributed by atoms with Gasteiger partial charge in [-0.1, -0.05) is 18.2 Å². The van der Waals surface area contributed by atoms with Gasteiger partial charge in [-0.2, -0.15) is 5.01 Å². The number of hydrogen-bond acceptors (Lipinski definition) is 4. The molecule has 0 radical (unpaired) electrons. The summed E-state index contributed by atoms with van der Waals surface area (Å²) in [5, 5.41) is 3.41. The van der Waals surface area contributed by atoms with Gasteiger partial charge in [0.2, 0.25) is 0 Å². The fourth-order valence-corrected chi connectivity index (χ4v) is 1.87. The Balaban J connectivity index is 2.22. The number of anilines is 1. The molecule has 0 spiro atoms. The van der Waals surface area contributed by atoms with Gasteiger partial charge in [-0.15, -0.1) is 0 Å². The maximum absolute atomic E-state index is 12.4. The van der Waals surface area contributed by atoms with Crippen LogP contribution in [-0.2, 0) is 9.53 Å². The van der Waals surface area contributed by atoms with E-state index in [0.29, 0.717) is 5.69 Å². The number of primary amides is 1. The third-order valence-electron chi connectivity index (χ3n) is 2.89. The minimum absolute atomic E-state index is 0.519. The third kappa shape index (κ3) is 4.10. The Hall–Kier alpha value is -3.29. The number of aromatic nitrogens is 1. The van der Waals surface area contributed by atoms with E-state index in [2.05, 4.69) is 10.1 Å². The predicted octanol–water partition coefficient (Wildman–Crippen LogP) is 1.67. The molecule has 0 aliphatic heterocycles. The molecule has 8 heteroatoms. The second-order valence-corrected chi connectivity index (χ2v) is 4.59. The summed E-state index contributed by atoms with van der Waals surface area (Å²) in [7, 11) is 0. The van der Waals surface area contributed by atoms with Crippen LogP contribution >= 0.6 is 0 Å². The van der Waals surface area contributed by atoms with E-state index in [1.165, 1.54) is 24.0 Å². The maximum Gasteiger partial charge on any atom is 0.405 e. The first-order valence-corrected chi connectivity index (χ1v) is 6.78. The van der Waals surface area contributed by atoms with Crippen LogP contribution in [0.4, 0.5) is 15.3 Å². The highest BCUT2D eigenvalue weighted by Gasteiger charge is 2.29. The van der Waals surface area contributed by atoms with Gasteiger partial charge in [0, 0.05) is 18.1 Å². The van der Waals surface area contributed by atoms with Gasteiger partial charge in [-0.05, 0) is 31.2 Å². The maximum atomic E-state index is 12.4. The van der Waals surface area contributed by atoms with Crippen molar-refractivity contribution in [2.24, 2.45) is 5.73 Å². The van der Waals surface area contributed by atoms with Gasteiger partial charge in [0.1, 0.15) is 0 Å². The summed E-state index contributed by atoms with van der Waals surface area (Å²) in [6.45, 7) is 1.33. The number of benzene rings is 1. The van der Waals surface area contributed by atoms with E-state index in [1.807, 2.05) is 0 Å². The van der Waals surface area contributed by atoms with E-state index in [4.69, 9.17) is 5.73 Å². The summed E-state index contributed by atoms with van der Waals surface area (Å²) >= 11 is 0. The molecular weight excluding hydrogens is 300 g/mol. The number of rotatable bonds is 4. The lowest BCUT2D eigenvalue weighted by Crippen LogP contribution is -2.52. The number of carbonyl (C=O) groups is 3. The van der Waals surface area contributed by atoms with Gasteiger partial charge in [0.25, 0.3) is 5.91 Å². The average Bonchev–Trinajstić information content (AvgIpc) is 3.01. The molecule has 1 aromatic carbocycles. The zero-order chi connectivity index (χ0) is 16.8. The molecule has 1 aromatic heterocycles. The number of carbonyl (C=O) groups excluding carboxylic acids is 3. The molecule has 3 N–H and O–H groups in total. The smallest absolute Gasteiger partial charge is 0.405 e. The molecule has 1 atom stereocenters. The number of amides is 4. The Bertz CT molecular complexity index is 685. The van der Waals surface area contributed by atoms with Crippen LogP contribution in [0.15, 0.2) is 54.9 Å². The number of para-hydroxylation sites is 1. The lowest BCUT2D eigenvalue weighted by molar-refractivity contribution is -0.126. The highest BCUT2D eigenvalue weighted by Crippen LogP contribution is 2.08. The van der Waals surface area contributed by atoms with E-state index in [1.54, 1.807) is 42.5 Å². The van der Waals surface area contributed by atoms with Crippen molar-refractivity contribution in [3.8, 4) is 0 Å². The number of hydrogen-bond donors (Lipinski definition) is 2. The molecular formula is C15H16N4O4. The highest BCUT2D eigenvalue weighted by atomic mass is 16.6. The van der Waals surface area contributed by atoms with Crippen molar-refractivity contribution in [3.63, 3.8) is 0 Å². The van der Waals surface area contributed by atoms with Gasteiger partial charge in [0.05, 0.1) is 0 Å². The van der Waals surface area contributed by atoms with Crippen LogP contribution < -0.4 is 16.1 Å². The SMILES string of the molecule is CC(OC(N)=O)C(=O)N(C(=O)Nc1ccccc1)n1cccc1. The van der Waals surface area contributed by atoms with Crippen LogP contribution in [0.5, 0.6) is 0 Å². The van der Waals surface area contributed by atoms with Gasteiger partial charge in [-0.3, -0.25) is 9.47 Å².